The number of nitrogens with one attached hydrogen (secondary N) is 1. The van der Waals surface area contributed by atoms with Gasteiger partial charge in [0.25, 0.3) is 0 Å². The number of aryl methyl sites for hydroxylation is 1. The Kier molecular flexibility index (Phi) is 4.40. The van der Waals surface area contributed by atoms with Crippen molar-refractivity contribution in [3.63, 3.8) is 0 Å². The van der Waals surface area contributed by atoms with Gasteiger partial charge in [-0.1, -0.05) is 26.7 Å². The highest BCUT2D eigenvalue weighted by molar-refractivity contribution is 5.13. The lowest BCUT2D eigenvalue weighted by atomic mass is 9.75. The van der Waals surface area contributed by atoms with E-state index < -0.39 is 0 Å². The molecule has 0 amide bonds. The molecule has 2 rings (SSSR count). The molecule has 0 radical (unpaired) electrons. The summed E-state index contributed by atoms with van der Waals surface area (Å²) in [6.07, 6.45) is 9.38. The van der Waals surface area contributed by atoms with Gasteiger partial charge in [0.2, 0.25) is 0 Å². The molecular weight excluding hydrogens is 224 g/mol. The second-order valence-corrected chi connectivity index (χ2v) is 5.50. The molecule has 1 aromatic rings. The third-order valence-electron chi connectivity index (χ3n) is 4.56. The first-order valence-corrected chi connectivity index (χ1v) is 7.25. The van der Waals surface area contributed by atoms with Crippen molar-refractivity contribution in [1.82, 2.24) is 15.2 Å². The van der Waals surface area contributed by atoms with Gasteiger partial charge >= 0.3 is 0 Å². The first kappa shape index (κ1) is 13.6. The molecule has 0 bridgehead atoms. The average molecular weight is 250 g/mol. The van der Waals surface area contributed by atoms with Gasteiger partial charge in [-0.15, -0.1) is 0 Å². The largest absolute Gasteiger partial charge is 0.271 e. The summed E-state index contributed by atoms with van der Waals surface area (Å²) in [5.74, 6) is 5.88. The van der Waals surface area contributed by atoms with Crippen LogP contribution in [0.25, 0.3) is 0 Å². The van der Waals surface area contributed by atoms with Crippen LogP contribution in [0.15, 0.2) is 12.3 Å². The van der Waals surface area contributed by atoms with Gasteiger partial charge in [-0.3, -0.25) is 16.0 Å². The van der Waals surface area contributed by atoms with Gasteiger partial charge in [0.05, 0.1) is 11.7 Å². The molecule has 1 heterocycles. The molecule has 102 valence electrons. The fourth-order valence-electron chi connectivity index (χ4n) is 3.49. The van der Waals surface area contributed by atoms with Crippen molar-refractivity contribution in [2.45, 2.75) is 65.0 Å². The van der Waals surface area contributed by atoms with E-state index in [9.17, 15) is 0 Å². The summed E-state index contributed by atoms with van der Waals surface area (Å²) in [7, 11) is 0. The van der Waals surface area contributed by atoms with Crippen molar-refractivity contribution in [3.05, 3.63) is 18.0 Å². The number of nitrogens with two attached hydrogens (primary N) is 1. The highest BCUT2D eigenvalue weighted by atomic mass is 15.3. The second kappa shape index (κ2) is 5.85. The van der Waals surface area contributed by atoms with Crippen LogP contribution >= 0.6 is 0 Å². The highest BCUT2D eigenvalue weighted by Gasteiger charge is 2.41. The molecule has 0 aliphatic heterocycles. The van der Waals surface area contributed by atoms with E-state index in [1.165, 1.54) is 37.8 Å². The SMILES string of the molecule is CCCn1nccc1C(NN)C1(CC)CCCC1. The minimum atomic E-state index is 0.235. The Labute approximate surface area is 110 Å². The molecule has 18 heavy (non-hydrogen) atoms. The first-order valence-electron chi connectivity index (χ1n) is 7.25. The van der Waals surface area contributed by atoms with E-state index in [4.69, 9.17) is 5.84 Å². The van der Waals surface area contributed by atoms with Crippen LogP contribution in [0.5, 0.6) is 0 Å². The van der Waals surface area contributed by atoms with Crippen molar-refractivity contribution >= 4 is 0 Å². The van der Waals surface area contributed by atoms with E-state index in [0.29, 0.717) is 5.41 Å². The van der Waals surface area contributed by atoms with Crippen LogP contribution in [0.3, 0.4) is 0 Å². The molecule has 4 heteroatoms. The van der Waals surface area contributed by atoms with Crippen LogP contribution in [-0.2, 0) is 6.54 Å². The van der Waals surface area contributed by atoms with Crippen molar-refractivity contribution in [2.75, 3.05) is 0 Å². The zero-order valence-electron chi connectivity index (χ0n) is 11.7. The number of nitrogens with zero attached hydrogens (tertiary/aromatic N) is 2. The van der Waals surface area contributed by atoms with Crippen molar-refractivity contribution in [3.8, 4) is 0 Å². The maximum atomic E-state index is 5.88. The molecular formula is C14H26N4. The van der Waals surface area contributed by atoms with Gasteiger partial charge in [0.1, 0.15) is 0 Å². The van der Waals surface area contributed by atoms with Crippen molar-refractivity contribution < 1.29 is 0 Å². The third kappa shape index (κ3) is 2.31. The topological polar surface area (TPSA) is 55.9 Å². The van der Waals surface area contributed by atoms with Gasteiger partial charge < -0.3 is 0 Å². The maximum Gasteiger partial charge on any atom is 0.0685 e. The average Bonchev–Trinajstić information content (AvgIpc) is 3.02. The lowest BCUT2D eigenvalue weighted by molar-refractivity contribution is 0.179. The fraction of sp³-hybridized carbons (Fsp3) is 0.786. The zero-order chi connectivity index (χ0) is 13.0. The summed E-state index contributed by atoms with van der Waals surface area (Å²) in [5.41, 5.74) is 4.65. The monoisotopic (exact) mass is 250 g/mol. The molecule has 0 aromatic carbocycles. The molecule has 1 aliphatic rings. The quantitative estimate of drug-likeness (QED) is 0.603. The Balaban J connectivity index is 2.29. The predicted octanol–water partition coefficient (Wildman–Crippen LogP) is 2.77. The molecule has 1 unspecified atom stereocenters. The Morgan fingerprint density at radius 1 is 1.44 bits per heavy atom. The molecule has 3 N–H and O–H groups in total. The van der Waals surface area contributed by atoms with E-state index in [0.717, 1.165) is 13.0 Å². The van der Waals surface area contributed by atoms with Gasteiger partial charge in [-0.05, 0) is 37.2 Å². The zero-order valence-corrected chi connectivity index (χ0v) is 11.7. The molecule has 1 aromatic heterocycles. The van der Waals surface area contributed by atoms with Crippen LogP contribution < -0.4 is 11.3 Å². The van der Waals surface area contributed by atoms with Crippen molar-refractivity contribution in [1.29, 1.82) is 0 Å². The van der Waals surface area contributed by atoms with Crippen LogP contribution in [0.4, 0.5) is 0 Å². The highest BCUT2D eigenvalue weighted by Crippen LogP contribution is 2.49. The Morgan fingerprint density at radius 3 is 2.72 bits per heavy atom. The summed E-state index contributed by atoms with van der Waals surface area (Å²) in [6, 6.07) is 2.36. The van der Waals surface area contributed by atoms with Crippen LogP contribution in [0.1, 0.15) is 64.1 Å². The Morgan fingerprint density at radius 2 is 2.17 bits per heavy atom. The first-order chi connectivity index (χ1) is 8.77. The Bertz CT molecular complexity index is 366. The lowest BCUT2D eigenvalue weighted by Crippen LogP contribution is -2.41. The molecule has 1 fully saturated rings. The van der Waals surface area contributed by atoms with Gasteiger partial charge in [0.15, 0.2) is 0 Å². The molecule has 0 saturated heterocycles. The fourth-order valence-corrected chi connectivity index (χ4v) is 3.49. The normalized spacial score (nSPS) is 20.2. The van der Waals surface area contributed by atoms with Gasteiger partial charge in [-0.2, -0.15) is 5.10 Å². The van der Waals surface area contributed by atoms with Crippen LogP contribution in [-0.4, -0.2) is 9.78 Å². The van der Waals surface area contributed by atoms with E-state index in [2.05, 4.69) is 35.1 Å². The summed E-state index contributed by atoms with van der Waals surface area (Å²) >= 11 is 0. The summed E-state index contributed by atoms with van der Waals surface area (Å²) < 4.78 is 2.11. The van der Waals surface area contributed by atoms with Gasteiger partial charge in [0, 0.05) is 12.7 Å². The maximum absolute atomic E-state index is 5.88. The second-order valence-electron chi connectivity index (χ2n) is 5.50. The molecule has 0 spiro atoms. The summed E-state index contributed by atoms with van der Waals surface area (Å²) in [6.45, 7) is 5.44. The standard InChI is InChI=1S/C14H26N4/c1-3-11-18-12(7-10-16-18)13(17-15)14(4-2)8-5-6-9-14/h7,10,13,17H,3-6,8-9,11,15H2,1-2H3. The van der Waals surface area contributed by atoms with Gasteiger partial charge in [-0.25, -0.2) is 0 Å². The number of rotatable bonds is 6. The minimum Gasteiger partial charge on any atom is -0.271 e. The molecule has 1 atom stereocenters. The summed E-state index contributed by atoms with van der Waals surface area (Å²) in [4.78, 5) is 0. The number of hydrazine groups is 1. The smallest absolute Gasteiger partial charge is 0.0685 e. The van der Waals surface area contributed by atoms with E-state index in [1.807, 2.05) is 6.20 Å². The van der Waals surface area contributed by atoms with Crippen LogP contribution in [0, 0.1) is 5.41 Å². The number of aromatic nitrogens is 2. The number of hydrogen-bond donors (Lipinski definition) is 2. The summed E-state index contributed by atoms with van der Waals surface area (Å²) in [5, 5.41) is 4.43. The van der Waals surface area contributed by atoms with Crippen molar-refractivity contribution in [2.24, 2.45) is 11.3 Å². The molecule has 1 aliphatic carbocycles. The van der Waals surface area contributed by atoms with E-state index >= 15 is 0 Å². The van der Waals surface area contributed by atoms with E-state index in [1.54, 1.807) is 0 Å². The third-order valence-corrected chi connectivity index (χ3v) is 4.56. The van der Waals surface area contributed by atoms with E-state index in [-0.39, 0.29) is 6.04 Å². The molecule has 1 saturated carbocycles. The Hall–Kier alpha value is -0.870. The lowest BCUT2D eigenvalue weighted by Gasteiger charge is -2.36. The van der Waals surface area contributed by atoms with Crippen LogP contribution in [0.2, 0.25) is 0 Å². The number of hydrogen-bond acceptors (Lipinski definition) is 3. The minimum absolute atomic E-state index is 0.235. The molecule has 4 nitrogen and oxygen atoms in total. The predicted molar refractivity (Wildman–Crippen MR) is 73.8 cm³/mol.